The third-order valence-corrected chi connectivity index (χ3v) is 5.36. The summed E-state index contributed by atoms with van der Waals surface area (Å²) in [6, 6.07) is 12.5. The molecular weight excluding hydrogens is 338 g/mol. The van der Waals surface area contributed by atoms with Gasteiger partial charge in [-0.1, -0.05) is 28.9 Å². The number of fused-ring (bicyclic) bond motifs is 1. The summed E-state index contributed by atoms with van der Waals surface area (Å²) in [6.45, 7) is 9.48. The second kappa shape index (κ2) is 7.06. The second-order valence-corrected chi connectivity index (χ2v) is 7.46. The molecule has 1 amide bonds. The molecule has 27 heavy (non-hydrogen) atoms. The van der Waals surface area contributed by atoms with Crippen LogP contribution in [0.1, 0.15) is 22.4 Å². The Morgan fingerprint density at radius 3 is 2.48 bits per heavy atom. The van der Waals surface area contributed by atoms with Gasteiger partial charge in [-0.25, -0.2) is 0 Å². The van der Waals surface area contributed by atoms with Crippen molar-refractivity contribution in [3.05, 3.63) is 58.8 Å². The average Bonchev–Trinajstić information content (AvgIpc) is 3.06. The number of benzene rings is 2. The van der Waals surface area contributed by atoms with Crippen molar-refractivity contribution >= 4 is 22.6 Å². The summed E-state index contributed by atoms with van der Waals surface area (Å²) in [6.07, 6.45) is 0.292. The topological polar surface area (TPSA) is 49.6 Å². The number of carbonyl (C=O) groups excluding carboxylic acids is 1. The molecule has 2 heterocycles. The molecule has 1 saturated heterocycles. The zero-order valence-electron chi connectivity index (χ0n) is 16.2. The first-order valence-electron chi connectivity index (χ1n) is 9.46. The fourth-order valence-electron chi connectivity index (χ4n) is 3.74. The zero-order chi connectivity index (χ0) is 19.0. The van der Waals surface area contributed by atoms with E-state index in [0.717, 1.165) is 48.4 Å². The van der Waals surface area contributed by atoms with Crippen molar-refractivity contribution in [2.75, 3.05) is 31.1 Å². The van der Waals surface area contributed by atoms with Crippen LogP contribution in [0.3, 0.4) is 0 Å². The fourth-order valence-corrected chi connectivity index (χ4v) is 3.74. The fraction of sp³-hybridized carbons (Fsp3) is 0.364. The van der Waals surface area contributed by atoms with E-state index < -0.39 is 0 Å². The van der Waals surface area contributed by atoms with Gasteiger partial charge in [0.05, 0.1) is 6.42 Å². The summed E-state index contributed by atoms with van der Waals surface area (Å²) in [5.74, 6) is 0.118. The number of piperazine rings is 1. The number of aryl methyl sites for hydroxylation is 3. The van der Waals surface area contributed by atoms with Crippen LogP contribution in [0.15, 0.2) is 40.9 Å². The Morgan fingerprint density at radius 2 is 1.70 bits per heavy atom. The Kier molecular flexibility index (Phi) is 4.60. The quantitative estimate of drug-likeness (QED) is 0.713. The van der Waals surface area contributed by atoms with Gasteiger partial charge in [0.15, 0.2) is 5.58 Å². The first-order valence-corrected chi connectivity index (χ1v) is 9.46. The molecule has 0 saturated carbocycles. The molecule has 1 aromatic heterocycles. The minimum Gasteiger partial charge on any atom is -0.368 e. The molecule has 0 spiro atoms. The summed E-state index contributed by atoms with van der Waals surface area (Å²) in [7, 11) is 0. The normalized spacial score (nSPS) is 14.8. The molecule has 0 atom stereocenters. The summed E-state index contributed by atoms with van der Waals surface area (Å²) >= 11 is 0. The highest BCUT2D eigenvalue weighted by Gasteiger charge is 2.23. The molecule has 5 nitrogen and oxygen atoms in total. The lowest BCUT2D eigenvalue weighted by Crippen LogP contribution is -2.49. The lowest BCUT2D eigenvalue weighted by atomic mass is 10.1. The van der Waals surface area contributed by atoms with Crippen molar-refractivity contribution in [3.63, 3.8) is 0 Å². The van der Waals surface area contributed by atoms with Crippen molar-refractivity contribution < 1.29 is 9.32 Å². The Hall–Kier alpha value is -2.82. The van der Waals surface area contributed by atoms with Crippen molar-refractivity contribution in [2.24, 2.45) is 0 Å². The number of rotatable bonds is 3. The van der Waals surface area contributed by atoms with Gasteiger partial charge in [0.2, 0.25) is 5.91 Å². The highest BCUT2D eigenvalue weighted by molar-refractivity contribution is 5.86. The van der Waals surface area contributed by atoms with Crippen LogP contribution in [0.2, 0.25) is 0 Å². The van der Waals surface area contributed by atoms with Crippen molar-refractivity contribution in [3.8, 4) is 0 Å². The number of nitrogens with zero attached hydrogens (tertiary/aromatic N) is 3. The predicted molar refractivity (Wildman–Crippen MR) is 107 cm³/mol. The van der Waals surface area contributed by atoms with Crippen molar-refractivity contribution in [2.45, 2.75) is 27.2 Å². The maximum atomic E-state index is 12.8. The van der Waals surface area contributed by atoms with E-state index in [1.165, 1.54) is 16.8 Å². The molecule has 0 unspecified atom stereocenters. The Balaban J connectivity index is 1.42. The number of aromatic nitrogens is 1. The van der Waals surface area contributed by atoms with Crippen LogP contribution in [-0.2, 0) is 11.2 Å². The van der Waals surface area contributed by atoms with Crippen LogP contribution < -0.4 is 4.90 Å². The standard InChI is InChI=1S/C22H25N3O2/c1-15-5-7-21-18(12-15)19(23-27-21)14-22(26)25-10-8-24(9-11-25)20-13-16(2)4-6-17(20)3/h4-7,12-13H,8-11,14H2,1-3H3. The van der Waals surface area contributed by atoms with Gasteiger partial charge < -0.3 is 14.3 Å². The van der Waals surface area contributed by atoms with Gasteiger partial charge in [-0.15, -0.1) is 0 Å². The number of hydrogen-bond donors (Lipinski definition) is 0. The molecule has 1 aliphatic heterocycles. The molecule has 3 aromatic rings. The van der Waals surface area contributed by atoms with Gasteiger partial charge in [-0.3, -0.25) is 4.79 Å². The molecule has 1 fully saturated rings. The van der Waals surface area contributed by atoms with E-state index in [1.807, 2.05) is 30.0 Å². The highest BCUT2D eigenvalue weighted by atomic mass is 16.5. The number of carbonyl (C=O) groups is 1. The van der Waals surface area contributed by atoms with E-state index in [4.69, 9.17) is 4.52 Å². The van der Waals surface area contributed by atoms with Gasteiger partial charge in [0.1, 0.15) is 5.69 Å². The molecular formula is C22H25N3O2. The Labute approximate surface area is 159 Å². The van der Waals surface area contributed by atoms with E-state index >= 15 is 0 Å². The van der Waals surface area contributed by atoms with Crippen LogP contribution in [0.25, 0.3) is 11.0 Å². The number of anilines is 1. The Morgan fingerprint density at radius 1 is 1.00 bits per heavy atom. The average molecular weight is 363 g/mol. The predicted octanol–water partition coefficient (Wildman–Crippen LogP) is 3.64. The summed E-state index contributed by atoms with van der Waals surface area (Å²) in [5.41, 5.74) is 6.44. The zero-order valence-corrected chi connectivity index (χ0v) is 16.2. The highest BCUT2D eigenvalue weighted by Crippen LogP contribution is 2.24. The van der Waals surface area contributed by atoms with E-state index in [9.17, 15) is 4.79 Å². The SMILES string of the molecule is Cc1ccc(C)c(N2CCN(C(=O)Cc3noc4ccc(C)cc34)CC2)c1. The molecule has 0 bridgehead atoms. The first kappa shape index (κ1) is 17.6. The van der Waals surface area contributed by atoms with Gasteiger partial charge >= 0.3 is 0 Å². The van der Waals surface area contributed by atoms with Gasteiger partial charge in [0.25, 0.3) is 0 Å². The number of hydrogen-bond acceptors (Lipinski definition) is 4. The van der Waals surface area contributed by atoms with Gasteiger partial charge in [-0.2, -0.15) is 0 Å². The van der Waals surface area contributed by atoms with Crippen molar-refractivity contribution in [1.82, 2.24) is 10.1 Å². The lowest BCUT2D eigenvalue weighted by molar-refractivity contribution is -0.130. The van der Waals surface area contributed by atoms with E-state index in [0.29, 0.717) is 6.42 Å². The molecule has 2 aromatic carbocycles. The minimum atomic E-state index is 0.118. The van der Waals surface area contributed by atoms with Crippen molar-refractivity contribution in [1.29, 1.82) is 0 Å². The molecule has 0 radical (unpaired) electrons. The molecule has 0 aliphatic carbocycles. The molecule has 0 N–H and O–H groups in total. The smallest absolute Gasteiger partial charge is 0.228 e. The molecule has 1 aliphatic rings. The second-order valence-electron chi connectivity index (χ2n) is 7.46. The van der Waals surface area contributed by atoms with Crippen LogP contribution in [0.5, 0.6) is 0 Å². The third-order valence-electron chi connectivity index (χ3n) is 5.36. The summed E-state index contributed by atoms with van der Waals surface area (Å²) in [5, 5.41) is 5.06. The maximum absolute atomic E-state index is 12.8. The Bertz CT molecular complexity index is 984. The van der Waals surface area contributed by atoms with Crippen LogP contribution in [0, 0.1) is 20.8 Å². The van der Waals surface area contributed by atoms with Crippen LogP contribution >= 0.6 is 0 Å². The molecule has 140 valence electrons. The monoisotopic (exact) mass is 363 g/mol. The lowest BCUT2D eigenvalue weighted by Gasteiger charge is -2.37. The summed E-state index contributed by atoms with van der Waals surface area (Å²) < 4.78 is 5.36. The van der Waals surface area contributed by atoms with E-state index in [1.54, 1.807) is 0 Å². The van der Waals surface area contributed by atoms with E-state index in [-0.39, 0.29) is 5.91 Å². The maximum Gasteiger partial charge on any atom is 0.228 e. The first-order chi connectivity index (χ1) is 13.0. The largest absolute Gasteiger partial charge is 0.368 e. The number of amides is 1. The van der Waals surface area contributed by atoms with Gasteiger partial charge in [-0.05, 0) is 50.1 Å². The van der Waals surface area contributed by atoms with Crippen LogP contribution in [0.4, 0.5) is 5.69 Å². The van der Waals surface area contributed by atoms with Crippen LogP contribution in [-0.4, -0.2) is 42.1 Å². The molecule has 5 heteroatoms. The third kappa shape index (κ3) is 3.54. The molecule has 4 rings (SSSR count). The van der Waals surface area contributed by atoms with Gasteiger partial charge in [0, 0.05) is 37.3 Å². The minimum absolute atomic E-state index is 0.118. The summed E-state index contributed by atoms with van der Waals surface area (Å²) in [4.78, 5) is 17.1. The van der Waals surface area contributed by atoms with E-state index in [2.05, 4.69) is 42.1 Å².